The van der Waals surface area contributed by atoms with Crippen LogP contribution >= 0.6 is 0 Å². The van der Waals surface area contributed by atoms with Crippen molar-refractivity contribution >= 4 is 8.80 Å². The molecule has 0 heterocycles. The fourth-order valence-corrected chi connectivity index (χ4v) is 4.29. The minimum atomic E-state index is -2.63. The Morgan fingerprint density at radius 3 is 2.06 bits per heavy atom. The Morgan fingerprint density at radius 2 is 1.67 bits per heavy atom. The average molecular weight is 278 g/mol. The highest BCUT2D eigenvalue weighted by atomic mass is 28.4. The van der Waals surface area contributed by atoms with Crippen molar-refractivity contribution in [2.75, 3.05) is 27.9 Å². The van der Waals surface area contributed by atoms with E-state index in [-0.39, 0.29) is 11.7 Å². The van der Waals surface area contributed by atoms with Gasteiger partial charge < -0.3 is 24.3 Å². The van der Waals surface area contributed by atoms with Gasteiger partial charge in [0.15, 0.2) is 0 Å². The molecule has 3 N–H and O–H groups in total. The van der Waals surface area contributed by atoms with Crippen molar-refractivity contribution in [3.05, 3.63) is 0 Å². The Labute approximate surface area is 113 Å². The number of hydrogen-bond acceptors (Lipinski definition) is 5. The fourth-order valence-electron chi connectivity index (χ4n) is 2.01. The number of nitrogens with two attached hydrogens (primary N) is 1. The Kier molecular flexibility index (Phi) is 9.89. The monoisotopic (exact) mass is 278 g/mol. The van der Waals surface area contributed by atoms with E-state index in [9.17, 15) is 0 Å². The smallest absolute Gasteiger partial charge is 0.376 e. The second-order valence-electron chi connectivity index (χ2n) is 4.65. The summed E-state index contributed by atoms with van der Waals surface area (Å²) in [6.45, 7) is 4.91. The number of hydrogen-bond donors (Lipinski definition) is 2. The first-order valence-corrected chi connectivity index (χ1v) is 8.50. The molecule has 2 unspecified atom stereocenters. The van der Waals surface area contributed by atoms with Crippen LogP contribution in [0.4, 0.5) is 0 Å². The average Bonchev–Trinajstić information content (AvgIpc) is 2.37. The molecule has 0 radical (unpaired) electrons. The Morgan fingerprint density at radius 1 is 1.11 bits per heavy atom. The number of nitrogens with one attached hydrogen (secondary N) is 1. The predicted molar refractivity (Wildman–Crippen MR) is 76.4 cm³/mol. The zero-order valence-electron chi connectivity index (χ0n) is 12.5. The van der Waals surface area contributed by atoms with Crippen LogP contribution in [0.5, 0.6) is 0 Å². The third-order valence-electron chi connectivity index (χ3n) is 3.06. The van der Waals surface area contributed by atoms with Crippen molar-refractivity contribution in [2.45, 2.75) is 51.2 Å². The van der Waals surface area contributed by atoms with E-state index < -0.39 is 8.80 Å². The lowest BCUT2D eigenvalue weighted by Crippen LogP contribution is -2.61. The zero-order valence-corrected chi connectivity index (χ0v) is 13.5. The molecule has 6 heteroatoms. The molecule has 0 saturated heterocycles. The van der Waals surface area contributed by atoms with E-state index in [1.165, 1.54) is 12.8 Å². The van der Waals surface area contributed by atoms with Crippen LogP contribution in [-0.2, 0) is 13.3 Å². The first-order chi connectivity index (χ1) is 8.56. The van der Waals surface area contributed by atoms with E-state index in [4.69, 9.17) is 19.0 Å². The molecule has 0 aliphatic rings. The van der Waals surface area contributed by atoms with Gasteiger partial charge in [-0.05, 0) is 13.3 Å². The summed E-state index contributed by atoms with van der Waals surface area (Å²) >= 11 is 0. The predicted octanol–water partition coefficient (Wildman–Crippen LogP) is 1.29. The van der Waals surface area contributed by atoms with Crippen LogP contribution in [-0.4, -0.2) is 48.4 Å². The summed E-state index contributed by atoms with van der Waals surface area (Å²) in [5.41, 5.74) is 5.90. The molecule has 18 heavy (non-hydrogen) atoms. The molecule has 2 atom stereocenters. The first-order valence-electron chi connectivity index (χ1n) is 6.70. The van der Waals surface area contributed by atoms with Gasteiger partial charge in [0.2, 0.25) is 0 Å². The third kappa shape index (κ3) is 5.77. The second kappa shape index (κ2) is 9.88. The lowest BCUT2D eigenvalue weighted by molar-refractivity contribution is 0.105. The molecular weight excluding hydrogens is 248 g/mol. The van der Waals surface area contributed by atoms with Crippen molar-refractivity contribution in [1.82, 2.24) is 5.32 Å². The minimum Gasteiger partial charge on any atom is -0.376 e. The van der Waals surface area contributed by atoms with Crippen LogP contribution in [0.15, 0.2) is 0 Å². The second-order valence-corrected chi connectivity index (χ2v) is 7.78. The van der Waals surface area contributed by atoms with Crippen LogP contribution < -0.4 is 11.1 Å². The third-order valence-corrected chi connectivity index (χ3v) is 6.12. The SMILES string of the molecule is CCCCCC(NCC(C)N)[Si](OC)(OC)OC. The maximum absolute atomic E-state index is 5.79. The summed E-state index contributed by atoms with van der Waals surface area (Å²) in [7, 11) is 2.33. The molecule has 0 saturated carbocycles. The van der Waals surface area contributed by atoms with Crippen molar-refractivity contribution < 1.29 is 13.3 Å². The maximum atomic E-state index is 5.79. The van der Waals surface area contributed by atoms with Gasteiger partial charge in [0.1, 0.15) is 0 Å². The van der Waals surface area contributed by atoms with E-state index in [1.54, 1.807) is 21.3 Å². The van der Waals surface area contributed by atoms with Gasteiger partial charge in [-0.15, -0.1) is 0 Å². The molecule has 0 aliphatic heterocycles. The van der Waals surface area contributed by atoms with Crippen LogP contribution in [0.1, 0.15) is 39.5 Å². The van der Waals surface area contributed by atoms with E-state index in [0.717, 1.165) is 19.4 Å². The first kappa shape index (κ1) is 18.0. The van der Waals surface area contributed by atoms with E-state index in [0.29, 0.717) is 0 Å². The van der Waals surface area contributed by atoms with Crippen LogP contribution in [0, 0.1) is 0 Å². The molecule has 0 aromatic heterocycles. The van der Waals surface area contributed by atoms with Gasteiger partial charge in [-0.3, -0.25) is 0 Å². The van der Waals surface area contributed by atoms with Gasteiger partial charge >= 0.3 is 8.80 Å². The highest BCUT2D eigenvalue weighted by Gasteiger charge is 2.46. The van der Waals surface area contributed by atoms with Gasteiger partial charge in [-0.25, -0.2) is 0 Å². The molecule has 0 spiro atoms. The molecule has 0 aromatic carbocycles. The van der Waals surface area contributed by atoms with Gasteiger partial charge in [-0.1, -0.05) is 26.2 Å². The zero-order chi connectivity index (χ0) is 14.0. The molecular formula is C12H30N2O3Si. The summed E-state index contributed by atoms with van der Waals surface area (Å²) in [5.74, 6) is 0. The number of unbranched alkanes of at least 4 members (excludes halogenated alkanes) is 2. The molecule has 0 fully saturated rings. The van der Waals surface area contributed by atoms with Crippen LogP contribution in [0.3, 0.4) is 0 Å². The summed E-state index contributed by atoms with van der Waals surface area (Å²) in [4.78, 5) is 0. The van der Waals surface area contributed by atoms with Crippen LogP contribution in [0.2, 0.25) is 0 Å². The van der Waals surface area contributed by atoms with Crippen molar-refractivity contribution in [1.29, 1.82) is 0 Å². The standard InChI is InChI=1S/C12H30N2O3Si/c1-6-7-8-9-12(14-10-11(2)13)18(15-3,16-4)17-5/h11-12,14H,6-10,13H2,1-5H3. The molecule has 0 aliphatic carbocycles. The van der Waals surface area contributed by atoms with Gasteiger partial charge in [0.05, 0.1) is 5.67 Å². The van der Waals surface area contributed by atoms with Gasteiger partial charge in [0, 0.05) is 33.9 Å². The highest BCUT2D eigenvalue weighted by Crippen LogP contribution is 2.17. The molecule has 0 bridgehead atoms. The van der Waals surface area contributed by atoms with Gasteiger partial charge in [-0.2, -0.15) is 0 Å². The normalized spacial score (nSPS) is 15.7. The van der Waals surface area contributed by atoms with E-state index >= 15 is 0 Å². The molecule has 5 nitrogen and oxygen atoms in total. The summed E-state index contributed by atoms with van der Waals surface area (Å²) in [5, 5.41) is 3.43. The summed E-state index contributed by atoms with van der Waals surface area (Å²) < 4.78 is 16.7. The van der Waals surface area contributed by atoms with Crippen molar-refractivity contribution in [3.8, 4) is 0 Å². The minimum absolute atomic E-state index is 0.107. The summed E-state index contributed by atoms with van der Waals surface area (Å²) in [6.07, 6.45) is 4.53. The van der Waals surface area contributed by atoms with E-state index in [1.807, 2.05) is 6.92 Å². The van der Waals surface area contributed by atoms with E-state index in [2.05, 4.69) is 12.2 Å². The topological polar surface area (TPSA) is 65.7 Å². The lowest BCUT2D eigenvalue weighted by atomic mass is 10.2. The van der Waals surface area contributed by atoms with Crippen LogP contribution in [0.25, 0.3) is 0 Å². The molecule has 0 aromatic rings. The Balaban J connectivity index is 4.58. The van der Waals surface area contributed by atoms with Crippen molar-refractivity contribution in [2.24, 2.45) is 5.73 Å². The van der Waals surface area contributed by atoms with Gasteiger partial charge in [0.25, 0.3) is 0 Å². The fraction of sp³-hybridized carbons (Fsp3) is 1.00. The molecule has 110 valence electrons. The lowest BCUT2D eigenvalue weighted by Gasteiger charge is -2.33. The summed E-state index contributed by atoms with van der Waals surface area (Å²) in [6, 6.07) is 0.107. The Bertz CT molecular complexity index is 193. The largest absolute Gasteiger partial charge is 0.518 e. The maximum Gasteiger partial charge on any atom is 0.518 e. The van der Waals surface area contributed by atoms with Crippen molar-refractivity contribution in [3.63, 3.8) is 0 Å². The Hall–Kier alpha value is 0.0169. The highest BCUT2D eigenvalue weighted by molar-refractivity contribution is 6.62. The number of rotatable bonds is 11. The quantitative estimate of drug-likeness (QED) is 0.440. The molecule has 0 rings (SSSR count). The molecule has 0 amide bonds.